The lowest BCUT2D eigenvalue weighted by molar-refractivity contribution is -0.133. The van der Waals surface area contributed by atoms with Crippen molar-refractivity contribution in [2.45, 2.75) is 31.2 Å². The average molecular weight is 383 g/mol. The van der Waals surface area contributed by atoms with Crippen LogP contribution in [0.2, 0.25) is 0 Å². The molecule has 0 atom stereocenters. The molecule has 144 valence electrons. The molecular formula is C17H25N3O5S. The molecule has 0 aromatic carbocycles. The summed E-state index contributed by atoms with van der Waals surface area (Å²) in [6.45, 7) is 4.65. The van der Waals surface area contributed by atoms with E-state index in [1.807, 2.05) is 0 Å². The minimum Gasteiger partial charge on any atom is -0.379 e. The van der Waals surface area contributed by atoms with Crippen molar-refractivity contribution in [1.29, 1.82) is 0 Å². The average Bonchev–Trinajstić information content (AvgIpc) is 2.64. The first-order valence-electron chi connectivity index (χ1n) is 8.94. The summed E-state index contributed by atoms with van der Waals surface area (Å²) in [4.78, 5) is 26.4. The van der Waals surface area contributed by atoms with E-state index in [0.717, 1.165) is 12.8 Å². The number of ether oxygens (including phenoxy) is 1. The van der Waals surface area contributed by atoms with Gasteiger partial charge in [0.25, 0.3) is 5.56 Å². The molecule has 26 heavy (non-hydrogen) atoms. The number of hydrogen-bond acceptors (Lipinski definition) is 5. The van der Waals surface area contributed by atoms with Gasteiger partial charge in [0.2, 0.25) is 15.9 Å². The fourth-order valence-electron chi connectivity index (χ4n) is 3.23. The van der Waals surface area contributed by atoms with E-state index in [0.29, 0.717) is 32.2 Å². The van der Waals surface area contributed by atoms with Gasteiger partial charge < -0.3 is 14.2 Å². The number of nitrogens with zero attached hydrogens (tertiary/aromatic N) is 3. The number of morpholine rings is 1. The summed E-state index contributed by atoms with van der Waals surface area (Å²) in [7, 11) is -3.70. The largest absolute Gasteiger partial charge is 0.379 e. The van der Waals surface area contributed by atoms with E-state index in [-0.39, 0.29) is 36.0 Å². The van der Waals surface area contributed by atoms with Gasteiger partial charge in [-0.05, 0) is 24.8 Å². The highest BCUT2D eigenvalue weighted by Crippen LogP contribution is 2.17. The van der Waals surface area contributed by atoms with Gasteiger partial charge >= 0.3 is 0 Å². The zero-order valence-electron chi connectivity index (χ0n) is 15.0. The minimum atomic E-state index is -3.70. The number of rotatable bonds is 4. The van der Waals surface area contributed by atoms with Crippen LogP contribution in [0.3, 0.4) is 0 Å². The maximum absolute atomic E-state index is 12.7. The van der Waals surface area contributed by atoms with Crippen molar-refractivity contribution >= 4 is 15.9 Å². The van der Waals surface area contributed by atoms with Crippen molar-refractivity contribution in [1.82, 2.24) is 13.8 Å². The van der Waals surface area contributed by atoms with E-state index in [2.05, 4.69) is 6.92 Å². The van der Waals surface area contributed by atoms with Crippen LogP contribution < -0.4 is 5.56 Å². The molecule has 2 fully saturated rings. The molecule has 0 spiro atoms. The Balaban J connectivity index is 1.77. The first-order chi connectivity index (χ1) is 12.4. The maximum atomic E-state index is 12.7. The number of hydrogen-bond donors (Lipinski definition) is 0. The van der Waals surface area contributed by atoms with Gasteiger partial charge in [0.1, 0.15) is 6.54 Å². The summed E-state index contributed by atoms with van der Waals surface area (Å²) >= 11 is 0. The lowest BCUT2D eigenvalue weighted by Crippen LogP contribution is -2.42. The molecule has 3 rings (SSSR count). The van der Waals surface area contributed by atoms with Crippen LogP contribution in [0.5, 0.6) is 0 Å². The quantitative estimate of drug-likeness (QED) is 0.737. The number of sulfonamides is 1. The van der Waals surface area contributed by atoms with Gasteiger partial charge in [-0.1, -0.05) is 6.92 Å². The summed E-state index contributed by atoms with van der Waals surface area (Å²) < 4.78 is 33.2. The summed E-state index contributed by atoms with van der Waals surface area (Å²) in [5, 5.41) is 0. The molecular weight excluding hydrogens is 358 g/mol. The van der Waals surface area contributed by atoms with Gasteiger partial charge in [0.15, 0.2) is 0 Å². The zero-order valence-corrected chi connectivity index (χ0v) is 15.8. The Morgan fingerprint density at radius 2 is 1.81 bits per heavy atom. The molecule has 0 N–H and O–H groups in total. The van der Waals surface area contributed by atoms with E-state index in [9.17, 15) is 18.0 Å². The number of carbonyl (C=O) groups is 1. The van der Waals surface area contributed by atoms with Crippen LogP contribution in [0, 0.1) is 5.92 Å². The molecule has 1 aromatic heterocycles. The molecule has 0 unspecified atom stereocenters. The molecule has 2 aliphatic heterocycles. The second kappa shape index (κ2) is 7.89. The molecule has 0 saturated carbocycles. The maximum Gasteiger partial charge on any atom is 0.251 e. The molecule has 9 heteroatoms. The predicted molar refractivity (Wildman–Crippen MR) is 95.3 cm³/mol. The van der Waals surface area contributed by atoms with Crippen molar-refractivity contribution in [3.05, 3.63) is 28.7 Å². The van der Waals surface area contributed by atoms with E-state index < -0.39 is 10.0 Å². The van der Waals surface area contributed by atoms with Gasteiger partial charge in [-0.2, -0.15) is 4.31 Å². The second-order valence-corrected chi connectivity index (χ2v) is 8.85. The fourth-order valence-corrected chi connectivity index (χ4v) is 4.65. The Bertz CT molecular complexity index is 806. The molecule has 0 bridgehead atoms. The van der Waals surface area contributed by atoms with E-state index in [1.54, 1.807) is 4.90 Å². The normalized spacial score (nSPS) is 20.3. The van der Waals surface area contributed by atoms with E-state index >= 15 is 0 Å². The van der Waals surface area contributed by atoms with Crippen LogP contribution in [0.1, 0.15) is 19.8 Å². The van der Waals surface area contributed by atoms with Gasteiger partial charge in [0.05, 0.1) is 18.1 Å². The molecule has 2 aliphatic rings. The molecule has 1 aromatic rings. The number of piperidine rings is 1. The number of carbonyl (C=O) groups excluding carboxylic acids is 1. The monoisotopic (exact) mass is 383 g/mol. The Morgan fingerprint density at radius 3 is 2.46 bits per heavy atom. The minimum absolute atomic E-state index is 0.0269. The van der Waals surface area contributed by atoms with Crippen molar-refractivity contribution in [3.63, 3.8) is 0 Å². The predicted octanol–water partition coefficient (Wildman–Crippen LogP) is 0.128. The summed E-state index contributed by atoms with van der Waals surface area (Å²) in [5.74, 6) is 0.448. The molecule has 1 amide bonds. The number of amides is 1. The van der Waals surface area contributed by atoms with Crippen LogP contribution in [-0.2, 0) is 26.1 Å². The van der Waals surface area contributed by atoms with Crippen molar-refractivity contribution in [2.75, 3.05) is 39.4 Å². The topological polar surface area (TPSA) is 88.9 Å². The van der Waals surface area contributed by atoms with Crippen molar-refractivity contribution in [3.8, 4) is 0 Å². The highest BCUT2D eigenvalue weighted by atomic mass is 32.2. The van der Waals surface area contributed by atoms with Crippen LogP contribution in [-0.4, -0.2) is 67.5 Å². The zero-order chi connectivity index (χ0) is 18.7. The highest BCUT2D eigenvalue weighted by molar-refractivity contribution is 7.89. The summed E-state index contributed by atoms with van der Waals surface area (Å²) in [6.07, 6.45) is 3.18. The molecule has 0 radical (unpaired) electrons. The van der Waals surface area contributed by atoms with Crippen LogP contribution in [0.15, 0.2) is 28.0 Å². The Hall–Kier alpha value is -1.71. The lowest BCUT2D eigenvalue weighted by Gasteiger charge is -2.30. The molecule has 3 heterocycles. The number of pyridine rings is 1. The van der Waals surface area contributed by atoms with Crippen molar-refractivity contribution < 1.29 is 17.9 Å². The van der Waals surface area contributed by atoms with Gasteiger partial charge in [-0.3, -0.25) is 9.59 Å². The third kappa shape index (κ3) is 4.16. The van der Waals surface area contributed by atoms with Crippen LogP contribution >= 0.6 is 0 Å². The first kappa shape index (κ1) is 19.1. The Morgan fingerprint density at radius 1 is 1.15 bits per heavy atom. The number of likely N-dealkylation sites (tertiary alicyclic amines) is 1. The van der Waals surface area contributed by atoms with Gasteiger partial charge in [-0.25, -0.2) is 8.42 Å². The van der Waals surface area contributed by atoms with Gasteiger partial charge in [-0.15, -0.1) is 0 Å². The smallest absolute Gasteiger partial charge is 0.251 e. The Kier molecular flexibility index (Phi) is 5.79. The van der Waals surface area contributed by atoms with Gasteiger partial charge in [0, 0.05) is 38.4 Å². The standard InChI is InChI=1S/C17H25N3O5S/c1-14-4-6-18(7-5-14)17(22)13-19-12-15(2-3-16(19)21)26(23,24)20-8-10-25-11-9-20/h2-3,12,14H,4-11,13H2,1H3. The molecule has 8 nitrogen and oxygen atoms in total. The first-order valence-corrected chi connectivity index (χ1v) is 10.4. The van der Waals surface area contributed by atoms with E-state index in [4.69, 9.17) is 4.74 Å². The number of aromatic nitrogens is 1. The van der Waals surface area contributed by atoms with Crippen LogP contribution in [0.4, 0.5) is 0 Å². The van der Waals surface area contributed by atoms with E-state index in [1.165, 1.54) is 27.2 Å². The fraction of sp³-hybridized carbons (Fsp3) is 0.647. The summed E-state index contributed by atoms with van der Waals surface area (Å²) in [6, 6.07) is 2.51. The third-order valence-electron chi connectivity index (χ3n) is 5.01. The Labute approximate surface area is 153 Å². The van der Waals surface area contributed by atoms with Crippen molar-refractivity contribution in [2.24, 2.45) is 5.92 Å². The third-order valence-corrected chi connectivity index (χ3v) is 6.89. The highest BCUT2D eigenvalue weighted by Gasteiger charge is 2.27. The SMILES string of the molecule is CC1CCN(C(=O)Cn2cc(S(=O)(=O)N3CCOCC3)ccc2=O)CC1. The lowest BCUT2D eigenvalue weighted by atomic mass is 9.99. The molecule has 0 aliphatic carbocycles. The summed E-state index contributed by atoms with van der Waals surface area (Å²) in [5.41, 5.74) is -0.385. The van der Waals surface area contributed by atoms with Crippen LogP contribution in [0.25, 0.3) is 0 Å². The molecule has 2 saturated heterocycles. The second-order valence-electron chi connectivity index (χ2n) is 6.91.